The lowest BCUT2D eigenvalue weighted by Crippen LogP contribution is -2.64. The van der Waals surface area contributed by atoms with Gasteiger partial charge in [-0.25, -0.2) is 0 Å². The fourth-order valence-electron chi connectivity index (χ4n) is 7.51. The molecule has 202 valence electrons. The first-order valence-corrected chi connectivity index (χ1v) is 14.8. The molecule has 2 aromatic carbocycles. The van der Waals surface area contributed by atoms with E-state index in [2.05, 4.69) is 79.3 Å². The maximum absolute atomic E-state index is 9.58. The van der Waals surface area contributed by atoms with Gasteiger partial charge in [0, 0.05) is 106 Å². The zero-order valence-electron chi connectivity index (χ0n) is 23.0. The van der Waals surface area contributed by atoms with Gasteiger partial charge in [0.1, 0.15) is 6.07 Å². The second kappa shape index (κ2) is 10.4. The molecule has 7 nitrogen and oxygen atoms in total. The smallest absolute Gasteiger partial charge is 0.101 e. The van der Waals surface area contributed by atoms with Gasteiger partial charge in [-0.05, 0) is 61.7 Å². The van der Waals surface area contributed by atoms with Crippen LogP contribution in [0.2, 0.25) is 0 Å². The van der Waals surface area contributed by atoms with Crippen molar-refractivity contribution in [2.75, 3.05) is 68.7 Å². The van der Waals surface area contributed by atoms with Crippen molar-refractivity contribution in [1.29, 1.82) is 5.26 Å². The number of nitriles is 1. The summed E-state index contributed by atoms with van der Waals surface area (Å²) in [4.78, 5) is 15.1. The molecule has 0 unspecified atom stereocenters. The van der Waals surface area contributed by atoms with Crippen molar-refractivity contribution in [3.63, 3.8) is 0 Å². The molecule has 7 rings (SSSR count). The van der Waals surface area contributed by atoms with Gasteiger partial charge >= 0.3 is 0 Å². The zero-order valence-corrected chi connectivity index (χ0v) is 23.0. The molecule has 7 heteroatoms. The summed E-state index contributed by atoms with van der Waals surface area (Å²) in [6.45, 7) is 12.4. The van der Waals surface area contributed by atoms with Gasteiger partial charge in [0.2, 0.25) is 0 Å². The van der Waals surface area contributed by atoms with E-state index < -0.39 is 0 Å². The lowest BCUT2D eigenvalue weighted by Gasteiger charge is -2.54. The third-order valence-electron chi connectivity index (χ3n) is 9.70. The molecule has 4 fully saturated rings. The predicted octanol–water partition coefficient (Wildman–Crippen LogP) is 3.66. The van der Waals surface area contributed by atoms with Crippen molar-refractivity contribution in [3.8, 4) is 6.07 Å². The Bertz CT molecular complexity index is 1350. The van der Waals surface area contributed by atoms with E-state index in [0.717, 1.165) is 50.2 Å². The van der Waals surface area contributed by atoms with Crippen LogP contribution < -0.4 is 15.1 Å². The monoisotopic (exact) mass is 521 g/mol. The maximum Gasteiger partial charge on any atom is 0.101 e. The highest BCUT2D eigenvalue weighted by Crippen LogP contribution is 2.37. The molecular formula is C32H39N7. The number of aromatic nitrogens is 1. The lowest BCUT2D eigenvalue weighted by atomic mass is 9.85. The number of anilines is 2. The Hall–Kier alpha value is -3.18. The number of hydrogen-bond donors (Lipinski definition) is 1. The first kappa shape index (κ1) is 24.8. The fourth-order valence-corrected chi connectivity index (χ4v) is 7.51. The van der Waals surface area contributed by atoms with Crippen molar-refractivity contribution >= 4 is 22.3 Å². The molecular weight excluding hydrogens is 482 g/mol. The standard InChI is InChI=1S/C32H39N7/c1-23-19-38(31-9-6-25(18-33)32-30(31)3-2-11-35-32)22-29-17-28(10-14-39(23)29)37-20-26(21-37)24-4-7-27(8-5-24)36-15-12-34-13-16-36/h2-9,11,23,26,28-29,34H,10,12-17,19-22H2,1H3/t23-,28-,29+/m1/s1. The number of nitrogens with one attached hydrogen (secondary N) is 1. The van der Waals surface area contributed by atoms with E-state index in [1.807, 2.05) is 12.1 Å². The highest BCUT2D eigenvalue weighted by Gasteiger charge is 2.41. The second-order valence-electron chi connectivity index (χ2n) is 11.9. The summed E-state index contributed by atoms with van der Waals surface area (Å²) in [6, 6.07) is 21.7. The number of piperidine rings is 1. The van der Waals surface area contributed by atoms with E-state index in [0.29, 0.717) is 29.6 Å². The van der Waals surface area contributed by atoms with Gasteiger partial charge in [-0.15, -0.1) is 0 Å². The number of likely N-dealkylation sites (tertiary alicyclic amines) is 1. The maximum atomic E-state index is 9.58. The van der Waals surface area contributed by atoms with Crippen molar-refractivity contribution in [2.24, 2.45) is 0 Å². The highest BCUT2D eigenvalue weighted by atomic mass is 15.3. The Labute approximate surface area is 232 Å². The van der Waals surface area contributed by atoms with Gasteiger partial charge in [0.25, 0.3) is 0 Å². The van der Waals surface area contributed by atoms with Crippen LogP contribution in [0.3, 0.4) is 0 Å². The van der Waals surface area contributed by atoms with Crippen LogP contribution in [0.5, 0.6) is 0 Å². The Balaban J connectivity index is 1.00. The summed E-state index contributed by atoms with van der Waals surface area (Å²) in [6.07, 6.45) is 4.31. The molecule has 39 heavy (non-hydrogen) atoms. The van der Waals surface area contributed by atoms with E-state index in [4.69, 9.17) is 0 Å². The van der Waals surface area contributed by atoms with Crippen LogP contribution >= 0.6 is 0 Å². The molecule has 0 radical (unpaired) electrons. The van der Waals surface area contributed by atoms with Crippen LogP contribution in [0.25, 0.3) is 10.9 Å². The number of rotatable bonds is 4. The van der Waals surface area contributed by atoms with Crippen LogP contribution in [0.4, 0.5) is 11.4 Å². The number of hydrogen-bond acceptors (Lipinski definition) is 7. The van der Waals surface area contributed by atoms with Crippen LogP contribution in [-0.2, 0) is 0 Å². The van der Waals surface area contributed by atoms with Crippen LogP contribution in [0.1, 0.15) is 36.8 Å². The Kier molecular flexibility index (Phi) is 6.64. The SMILES string of the molecule is C[C@@H]1CN(c2ccc(C#N)c3ncccc23)C[C@@H]2C[C@H](N3CC(c4ccc(N5CCNCC5)cc4)C3)CCN21. The topological polar surface area (TPSA) is 61.7 Å². The average Bonchev–Trinajstić information content (AvgIpc) is 2.96. The van der Waals surface area contributed by atoms with E-state index >= 15 is 0 Å². The molecule has 1 N–H and O–H groups in total. The number of pyridine rings is 1. The third-order valence-corrected chi connectivity index (χ3v) is 9.70. The highest BCUT2D eigenvalue weighted by molar-refractivity contribution is 5.95. The fraction of sp³-hybridized carbons (Fsp3) is 0.500. The van der Waals surface area contributed by atoms with E-state index in [9.17, 15) is 5.26 Å². The van der Waals surface area contributed by atoms with Crippen molar-refractivity contribution < 1.29 is 0 Å². The quantitative estimate of drug-likeness (QED) is 0.562. The first-order chi connectivity index (χ1) is 19.2. The molecule has 3 aromatic rings. The normalized spacial score (nSPS) is 26.7. The van der Waals surface area contributed by atoms with Gasteiger partial charge in [0.15, 0.2) is 0 Å². The second-order valence-corrected chi connectivity index (χ2v) is 11.9. The molecule has 1 aromatic heterocycles. The summed E-state index contributed by atoms with van der Waals surface area (Å²) >= 11 is 0. The number of fused-ring (bicyclic) bond motifs is 2. The largest absolute Gasteiger partial charge is 0.369 e. The third kappa shape index (κ3) is 4.65. The average molecular weight is 522 g/mol. The summed E-state index contributed by atoms with van der Waals surface area (Å²) < 4.78 is 0. The predicted molar refractivity (Wildman–Crippen MR) is 157 cm³/mol. The minimum Gasteiger partial charge on any atom is -0.369 e. The van der Waals surface area contributed by atoms with Crippen molar-refractivity contribution in [2.45, 2.75) is 43.8 Å². The molecule has 4 saturated heterocycles. The molecule has 4 aliphatic rings. The van der Waals surface area contributed by atoms with Crippen LogP contribution in [0, 0.1) is 11.3 Å². The Morgan fingerprint density at radius 1 is 0.897 bits per heavy atom. The molecule has 5 heterocycles. The summed E-state index contributed by atoms with van der Waals surface area (Å²) in [5, 5.41) is 14.1. The van der Waals surface area contributed by atoms with Crippen LogP contribution in [-0.4, -0.2) is 91.8 Å². The van der Waals surface area contributed by atoms with E-state index in [1.165, 1.54) is 49.4 Å². The molecule has 0 saturated carbocycles. The number of piperazine rings is 2. The minimum atomic E-state index is 0.519. The van der Waals surface area contributed by atoms with Crippen molar-refractivity contribution in [1.82, 2.24) is 20.1 Å². The number of nitrogens with zero attached hydrogens (tertiary/aromatic N) is 6. The number of benzene rings is 2. The van der Waals surface area contributed by atoms with E-state index in [1.54, 1.807) is 6.20 Å². The molecule has 3 atom stereocenters. The van der Waals surface area contributed by atoms with Gasteiger partial charge in [-0.3, -0.25) is 14.8 Å². The molecule has 4 aliphatic heterocycles. The van der Waals surface area contributed by atoms with Gasteiger partial charge < -0.3 is 15.1 Å². The molecule has 0 amide bonds. The van der Waals surface area contributed by atoms with Crippen molar-refractivity contribution in [3.05, 3.63) is 65.9 Å². The van der Waals surface area contributed by atoms with Gasteiger partial charge in [-0.2, -0.15) is 5.26 Å². The van der Waals surface area contributed by atoms with Crippen LogP contribution in [0.15, 0.2) is 54.7 Å². The van der Waals surface area contributed by atoms with E-state index in [-0.39, 0.29) is 0 Å². The Morgan fingerprint density at radius 2 is 1.72 bits per heavy atom. The first-order valence-electron chi connectivity index (χ1n) is 14.8. The molecule has 0 bridgehead atoms. The summed E-state index contributed by atoms with van der Waals surface area (Å²) in [5.74, 6) is 0.666. The molecule has 0 aliphatic carbocycles. The molecule has 0 spiro atoms. The summed E-state index contributed by atoms with van der Waals surface area (Å²) in [5.41, 5.74) is 5.57. The minimum absolute atomic E-state index is 0.519. The summed E-state index contributed by atoms with van der Waals surface area (Å²) in [7, 11) is 0. The zero-order chi connectivity index (χ0) is 26.3. The lowest BCUT2D eigenvalue weighted by molar-refractivity contribution is 0.00151. The van der Waals surface area contributed by atoms with Gasteiger partial charge in [0.05, 0.1) is 11.1 Å². The van der Waals surface area contributed by atoms with Gasteiger partial charge in [-0.1, -0.05) is 12.1 Å². The Morgan fingerprint density at radius 3 is 2.51 bits per heavy atom.